The maximum atomic E-state index is 12.0. The van der Waals surface area contributed by atoms with Crippen LogP contribution >= 0.6 is 23.8 Å². The minimum atomic E-state index is -0.455. The normalized spacial score (nSPS) is 15.2. The molecule has 0 aliphatic carbocycles. The van der Waals surface area contributed by atoms with Gasteiger partial charge in [-0.15, -0.1) is 0 Å². The lowest BCUT2D eigenvalue weighted by Crippen LogP contribution is -2.25. The number of carbonyl (C=O) groups excluding carboxylic acids is 1. The highest BCUT2D eigenvalue weighted by Crippen LogP contribution is 2.28. The van der Waals surface area contributed by atoms with Crippen LogP contribution in [0, 0.1) is 10.1 Å². The molecule has 1 fully saturated rings. The predicted molar refractivity (Wildman–Crippen MR) is 105 cm³/mol. The second kappa shape index (κ2) is 7.73. The van der Waals surface area contributed by atoms with Crippen LogP contribution < -0.4 is 10.1 Å². The van der Waals surface area contributed by atoms with Crippen molar-refractivity contribution in [3.63, 3.8) is 0 Å². The average molecular weight is 404 g/mol. The molecule has 0 unspecified atom stereocenters. The summed E-state index contributed by atoms with van der Waals surface area (Å²) in [6.45, 7) is 0.220. The summed E-state index contributed by atoms with van der Waals surface area (Å²) in [7, 11) is 1.60. The smallest absolute Gasteiger partial charge is 0.276 e. The molecule has 138 valence electrons. The Kier molecular flexibility index (Phi) is 5.38. The molecule has 1 aliphatic rings. The maximum Gasteiger partial charge on any atom is 0.276 e. The van der Waals surface area contributed by atoms with E-state index in [2.05, 4.69) is 5.32 Å². The summed E-state index contributed by atoms with van der Waals surface area (Å²) >= 11 is 11.3. The molecule has 0 aromatic heterocycles. The summed E-state index contributed by atoms with van der Waals surface area (Å²) in [5.74, 6) is 0.255. The fourth-order valence-electron chi connectivity index (χ4n) is 2.39. The van der Waals surface area contributed by atoms with E-state index in [1.54, 1.807) is 43.5 Å². The molecule has 2 aromatic carbocycles. The summed E-state index contributed by atoms with van der Waals surface area (Å²) in [6.07, 6.45) is 1.66. The van der Waals surface area contributed by atoms with Crippen LogP contribution in [0.25, 0.3) is 6.08 Å². The van der Waals surface area contributed by atoms with E-state index in [-0.39, 0.29) is 18.2 Å². The van der Waals surface area contributed by atoms with Gasteiger partial charge in [-0.3, -0.25) is 19.8 Å². The third-order valence-electron chi connectivity index (χ3n) is 3.89. The molecule has 27 heavy (non-hydrogen) atoms. The predicted octanol–water partition coefficient (Wildman–Crippen LogP) is 3.51. The van der Waals surface area contributed by atoms with Gasteiger partial charge in [0, 0.05) is 19.2 Å². The molecule has 1 N–H and O–H groups in total. The standard InChI is InChI=1S/C18H14ClN3O4S/c1-21-17(23)15(20-18(21)27)9-12-4-7-16(14(19)8-12)26-10-11-2-5-13(6-3-11)22(24)25/h2-9H,10H2,1H3,(H,20,27)/b15-9-. The lowest BCUT2D eigenvalue weighted by atomic mass is 10.1. The number of hydrogen-bond acceptors (Lipinski definition) is 5. The van der Waals surface area contributed by atoms with Gasteiger partial charge in [0.15, 0.2) is 5.11 Å². The molecule has 0 bridgehead atoms. The van der Waals surface area contributed by atoms with Crippen molar-refractivity contribution in [2.24, 2.45) is 0 Å². The summed E-state index contributed by atoms with van der Waals surface area (Å²) in [5, 5.41) is 14.2. The van der Waals surface area contributed by atoms with E-state index >= 15 is 0 Å². The van der Waals surface area contributed by atoms with Crippen LogP contribution in [0.4, 0.5) is 5.69 Å². The van der Waals surface area contributed by atoms with Crippen LogP contribution in [-0.2, 0) is 11.4 Å². The summed E-state index contributed by atoms with van der Waals surface area (Å²) < 4.78 is 5.67. The van der Waals surface area contributed by atoms with Gasteiger partial charge in [-0.1, -0.05) is 17.7 Å². The number of amides is 1. The Morgan fingerprint density at radius 2 is 2.00 bits per heavy atom. The summed E-state index contributed by atoms with van der Waals surface area (Å²) in [4.78, 5) is 23.6. The van der Waals surface area contributed by atoms with Crippen LogP contribution in [0.3, 0.4) is 0 Å². The van der Waals surface area contributed by atoms with Crippen LogP contribution in [0.2, 0.25) is 5.02 Å². The zero-order chi connectivity index (χ0) is 19.6. The van der Waals surface area contributed by atoms with Gasteiger partial charge in [-0.2, -0.15) is 0 Å². The molecule has 0 spiro atoms. The van der Waals surface area contributed by atoms with E-state index in [1.807, 2.05) is 0 Å². The van der Waals surface area contributed by atoms with E-state index < -0.39 is 4.92 Å². The molecule has 1 amide bonds. The first-order valence-corrected chi connectivity index (χ1v) is 8.60. The number of nitrogens with one attached hydrogen (secondary N) is 1. The Morgan fingerprint density at radius 1 is 1.30 bits per heavy atom. The topological polar surface area (TPSA) is 84.7 Å². The highest BCUT2D eigenvalue weighted by atomic mass is 35.5. The van der Waals surface area contributed by atoms with Crippen molar-refractivity contribution in [3.8, 4) is 5.75 Å². The first-order chi connectivity index (χ1) is 12.8. The lowest BCUT2D eigenvalue weighted by molar-refractivity contribution is -0.384. The van der Waals surface area contributed by atoms with Crippen molar-refractivity contribution in [2.75, 3.05) is 7.05 Å². The monoisotopic (exact) mass is 403 g/mol. The van der Waals surface area contributed by atoms with Gasteiger partial charge in [-0.05, 0) is 53.7 Å². The second-order valence-corrected chi connectivity index (χ2v) is 6.55. The first kappa shape index (κ1) is 18.8. The van der Waals surface area contributed by atoms with Crippen LogP contribution in [0.15, 0.2) is 48.2 Å². The number of thiocarbonyl (C=S) groups is 1. The fourth-order valence-corrected chi connectivity index (χ4v) is 2.83. The van der Waals surface area contributed by atoms with Crippen molar-refractivity contribution < 1.29 is 14.5 Å². The highest BCUT2D eigenvalue weighted by molar-refractivity contribution is 7.80. The SMILES string of the molecule is CN1C(=O)/C(=C/c2ccc(OCc3ccc([N+](=O)[O-])cc3)c(Cl)c2)NC1=S. The summed E-state index contributed by atoms with van der Waals surface area (Å²) in [6, 6.07) is 11.2. The Morgan fingerprint density at radius 3 is 2.56 bits per heavy atom. The number of rotatable bonds is 5. The number of ether oxygens (including phenoxy) is 1. The zero-order valence-corrected chi connectivity index (χ0v) is 15.7. The van der Waals surface area contributed by atoms with Gasteiger partial charge in [0.2, 0.25) is 0 Å². The van der Waals surface area contributed by atoms with Crippen molar-refractivity contribution in [1.29, 1.82) is 0 Å². The molecule has 1 heterocycles. The van der Waals surface area contributed by atoms with E-state index in [0.29, 0.717) is 21.6 Å². The minimum absolute atomic E-state index is 0.0226. The van der Waals surface area contributed by atoms with E-state index in [9.17, 15) is 14.9 Å². The molecule has 9 heteroatoms. The minimum Gasteiger partial charge on any atom is -0.487 e. The number of non-ortho nitro benzene ring substituents is 1. The number of nitro benzene ring substituents is 1. The fraction of sp³-hybridized carbons (Fsp3) is 0.111. The number of benzene rings is 2. The van der Waals surface area contributed by atoms with E-state index in [0.717, 1.165) is 11.1 Å². The van der Waals surface area contributed by atoms with E-state index in [4.69, 9.17) is 28.6 Å². The van der Waals surface area contributed by atoms with Gasteiger partial charge in [0.25, 0.3) is 11.6 Å². The number of hydrogen-bond donors (Lipinski definition) is 1. The molecule has 2 aromatic rings. The van der Waals surface area contributed by atoms with Crippen molar-refractivity contribution in [1.82, 2.24) is 10.2 Å². The molecule has 1 aliphatic heterocycles. The Bertz CT molecular complexity index is 960. The van der Waals surface area contributed by atoms with Gasteiger partial charge in [0.1, 0.15) is 18.1 Å². The second-order valence-electron chi connectivity index (χ2n) is 5.75. The Hall–Kier alpha value is -2.97. The number of halogens is 1. The first-order valence-electron chi connectivity index (χ1n) is 7.81. The molecular weight excluding hydrogens is 390 g/mol. The van der Waals surface area contributed by atoms with Gasteiger partial charge < -0.3 is 10.1 Å². The lowest BCUT2D eigenvalue weighted by Gasteiger charge is -2.09. The number of nitrogens with zero attached hydrogens (tertiary/aromatic N) is 2. The Labute approximate surface area is 165 Å². The van der Waals surface area contributed by atoms with Crippen LogP contribution in [-0.4, -0.2) is 27.9 Å². The molecule has 3 rings (SSSR count). The van der Waals surface area contributed by atoms with Crippen molar-refractivity contribution >= 4 is 46.6 Å². The number of nitro groups is 1. The number of likely N-dealkylation sites (N-methyl/N-ethyl adjacent to an activating group) is 1. The molecule has 0 atom stereocenters. The van der Waals surface area contributed by atoms with Crippen LogP contribution in [0.5, 0.6) is 5.75 Å². The molecule has 7 nitrogen and oxygen atoms in total. The van der Waals surface area contributed by atoms with Gasteiger partial charge in [-0.25, -0.2) is 0 Å². The van der Waals surface area contributed by atoms with Gasteiger partial charge in [0.05, 0.1) is 9.95 Å². The third-order valence-corrected chi connectivity index (χ3v) is 4.56. The number of carbonyl (C=O) groups is 1. The molecule has 1 saturated heterocycles. The zero-order valence-electron chi connectivity index (χ0n) is 14.1. The molecule has 0 saturated carbocycles. The quantitative estimate of drug-likeness (QED) is 0.356. The largest absolute Gasteiger partial charge is 0.487 e. The Balaban J connectivity index is 1.69. The third kappa shape index (κ3) is 4.24. The van der Waals surface area contributed by atoms with Gasteiger partial charge >= 0.3 is 0 Å². The van der Waals surface area contributed by atoms with Crippen LogP contribution in [0.1, 0.15) is 11.1 Å². The highest BCUT2D eigenvalue weighted by Gasteiger charge is 2.26. The average Bonchev–Trinajstić information content (AvgIpc) is 2.88. The van der Waals surface area contributed by atoms with Crippen molar-refractivity contribution in [2.45, 2.75) is 6.61 Å². The van der Waals surface area contributed by atoms with Crippen molar-refractivity contribution in [3.05, 3.63) is 74.4 Å². The van der Waals surface area contributed by atoms with E-state index in [1.165, 1.54) is 17.0 Å². The molecule has 0 radical (unpaired) electrons. The molecular formula is C18H14ClN3O4S. The maximum absolute atomic E-state index is 12.0. The summed E-state index contributed by atoms with van der Waals surface area (Å²) in [5.41, 5.74) is 1.89.